The summed E-state index contributed by atoms with van der Waals surface area (Å²) in [4.78, 5) is 2.33. The van der Waals surface area contributed by atoms with Gasteiger partial charge in [0.1, 0.15) is 6.07 Å². The van der Waals surface area contributed by atoms with Crippen LogP contribution in [0.5, 0.6) is 0 Å². The van der Waals surface area contributed by atoms with Gasteiger partial charge in [0.15, 0.2) is 0 Å². The molecule has 1 N–H and O–H groups in total. The van der Waals surface area contributed by atoms with Crippen LogP contribution in [0, 0.1) is 16.7 Å². The fraction of sp³-hybridized carbons (Fsp3) is 0.562. The first-order valence-corrected chi connectivity index (χ1v) is 7.07. The van der Waals surface area contributed by atoms with Gasteiger partial charge in [-0.15, -0.1) is 0 Å². The molecular weight excluding hydrogens is 236 g/mol. The third-order valence-electron chi connectivity index (χ3n) is 4.64. The van der Waals surface area contributed by atoms with Crippen molar-refractivity contribution in [2.75, 3.05) is 18.0 Å². The van der Waals surface area contributed by atoms with Gasteiger partial charge in [-0.05, 0) is 42.4 Å². The molecule has 2 rings (SSSR count). The van der Waals surface area contributed by atoms with Gasteiger partial charge in [-0.3, -0.25) is 0 Å². The van der Waals surface area contributed by atoms with Crippen LogP contribution in [0.2, 0.25) is 0 Å². The zero-order chi connectivity index (χ0) is 13.9. The number of rotatable bonds is 4. The summed E-state index contributed by atoms with van der Waals surface area (Å²) in [6.45, 7) is 6.56. The van der Waals surface area contributed by atoms with E-state index in [0.717, 1.165) is 24.3 Å². The lowest BCUT2D eigenvalue weighted by molar-refractivity contribution is 0.282. The van der Waals surface area contributed by atoms with E-state index in [1.165, 1.54) is 19.3 Å². The molecular formula is C16H22N2O. The van der Waals surface area contributed by atoms with Crippen molar-refractivity contribution in [3.8, 4) is 6.07 Å². The molecule has 3 heteroatoms. The fourth-order valence-electron chi connectivity index (χ4n) is 3.01. The molecule has 1 saturated heterocycles. The summed E-state index contributed by atoms with van der Waals surface area (Å²) in [7, 11) is 0. The van der Waals surface area contributed by atoms with Crippen LogP contribution in [-0.2, 0) is 6.61 Å². The van der Waals surface area contributed by atoms with Gasteiger partial charge in [0.25, 0.3) is 0 Å². The van der Waals surface area contributed by atoms with E-state index in [1.54, 1.807) is 6.07 Å². The summed E-state index contributed by atoms with van der Waals surface area (Å²) in [6.07, 6.45) is 3.58. The minimum absolute atomic E-state index is 0.0111. The Morgan fingerprint density at radius 2 is 2.11 bits per heavy atom. The highest BCUT2D eigenvalue weighted by Gasteiger charge is 2.35. The van der Waals surface area contributed by atoms with Crippen molar-refractivity contribution >= 4 is 5.69 Å². The Morgan fingerprint density at radius 3 is 2.63 bits per heavy atom. The molecule has 0 aliphatic carbocycles. The molecule has 0 bridgehead atoms. The van der Waals surface area contributed by atoms with Crippen LogP contribution in [0.15, 0.2) is 18.2 Å². The lowest BCUT2D eigenvalue weighted by Crippen LogP contribution is -2.26. The number of nitriles is 1. The molecule has 1 aliphatic heterocycles. The summed E-state index contributed by atoms with van der Waals surface area (Å²) >= 11 is 0. The van der Waals surface area contributed by atoms with Gasteiger partial charge in [0.05, 0.1) is 17.9 Å². The number of hydrogen-bond donors (Lipinski definition) is 1. The van der Waals surface area contributed by atoms with E-state index in [9.17, 15) is 5.26 Å². The molecule has 1 heterocycles. The number of anilines is 1. The highest BCUT2D eigenvalue weighted by atomic mass is 16.3. The standard InChI is InChI=1S/C16H22N2O/c1-3-16(4-2)7-8-18(12-16)15-6-5-13(11-19)9-14(15)10-17/h5-6,9,19H,3-4,7-8,11-12H2,1-2H3. The van der Waals surface area contributed by atoms with E-state index in [1.807, 2.05) is 12.1 Å². The van der Waals surface area contributed by atoms with Gasteiger partial charge in [0.2, 0.25) is 0 Å². The van der Waals surface area contributed by atoms with Gasteiger partial charge in [-0.1, -0.05) is 19.9 Å². The predicted octanol–water partition coefficient (Wildman–Crippen LogP) is 3.07. The van der Waals surface area contributed by atoms with Gasteiger partial charge in [0, 0.05) is 13.1 Å². The van der Waals surface area contributed by atoms with Crippen molar-refractivity contribution in [3.05, 3.63) is 29.3 Å². The second kappa shape index (κ2) is 5.63. The summed E-state index contributed by atoms with van der Waals surface area (Å²) in [5.41, 5.74) is 2.90. The topological polar surface area (TPSA) is 47.3 Å². The maximum Gasteiger partial charge on any atom is 0.101 e. The highest BCUT2D eigenvalue weighted by molar-refractivity contribution is 5.61. The van der Waals surface area contributed by atoms with E-state index in [-0.39, 0.29) is 6.61 Å². The molecule has 0 unspecified atom stereocenters. The zero-order valence-corrected chi connectivity index (χ0v) is 11.8. The molecule has 0 amide bonds. The third-order valence-corrected chi connectivity index (χ3v) is 4.64. The van der Waals surface area contributed by atoms with Gasteiger partial charge in [-0.2, -0.15) is 5.26 Å². The third kappa shape index (κ3) is 2.59. The summed E-state index contributed by atoms with van der Waals surface area (Å²) in [5.74, 6) is 0. The summed E-state index contributed by atoms with van der Waals surface area (Å²) in [5, 5.41) is 18.4. The van der Waals surface area contributed by atoms with Crippen LogP contribution >= 0.6 is 0 Å². The van der Waals surface area contributed by atoms with Crippen LogP contribution in [0.3, 0.4) is 0 Å². The minimum atomic E-state index is -0.0111. The Balaban J connectivity index is 2.27. The first-order chi connectivity index (χ1) is 9.18. The van der Waals surface area contributed by atoms with E-state index in [2.05, 4.69) is 24.8 Å². The first-order valence-electron chi connectivity index (χ1n) is 7.07. The van der Waals surface area contributed by atoms with Crippen molar-refractivity contribution in [1.82, 2.24) is 0 Å². The molecule has 1 aromatic rings. The van der Waals surface area contributed by atoms with Gasteiger partial charge < -0.3 is 10.0 Å². The zero-order valence-electron chi connectivity index (χ0n) is 11.8. The van der Waals surface area contributed by atoms with Crippen LogP contribution in [0.4, 0.5) is 5.69 Å². The van der Waals surface area contributed by atoms with Crippen LogP contribution in [0.1, 0.15) is 44.2 Å². The molecule has 0 atom stereocenters. The Kier molecular flexibility index (Phi) is 4.11. The number of benzene rings is 1. The summed E-state index contributed by atoms with van der Waals surface area (Å²) in [6, 6.07) is 7.95. The molecule has 1 fully saturated rings. The average molecular weight is 258 g/mol. The number of aliphatic hydroxyl groups is 1. The SMILES string of the molecule is CCC1(CC)CCN(c2ccc(CO)cc2C#N)C1. The Morgan fingerprint density at radius 1 is 1.37 bits per heavy atom. The highest BCUT2D eigenvalue weighted by Crippen LogP contribution is 2.39. The molecule has 102 valence electrons. The van der Waals surface area contributed by atoms with Gasteiger partial charge in [-0.25, -0.2) is 0 Å². The Labute approximate surface area is 115 Å². The monoisotopic (exact) mass is 258 g/mol. The normalized spacial score (nSPS) is 17.5. The number of nitrogens with zero attached hydrogens (tertiary/aromatic N) is 2. The van der Waals surface area contributed by atoms with Crippen molar-refractivity contribution in [3.63, 3.8) is 0 Å². The van der Waals surface area contributed by atoms with Gasteiger partial charge >= 0.3 is 0 Å². The van der Waals surface area contributed by atoms with Crippen LogP contribution in [-0.4, -0.2) is 18.2 Å². The van der Waals surface area contributed by atoms with Crippen LogP contribution in [0.25, 0.3) is 0 Å². The van der Waals surface area contributed by atoms with E-state index in [0.29, 0.717) is 11.0 Å². The van der Waals surface area contributed by atoms with Crippen molar-refractivity contribution in [1.29, 1.82) is 5.26 Å². The van der Waals surface area contributed by atoms with E-state index >= 15 is 0 Å². The lowest BCUT2D eigenvalue weighted by Gasteiger charge is -2.27. The molecule has 3 nitrogen and oxygen atoms in total. The minimum Gasteiger partial charge on any atom is -0.392 e. The molecule has 1 aromatic carbocycles. The second-order valence-corrected chi connectivity index (χ2v) is 5.50. The average Bonchev–Trinajstić information content (AvgIpc) is 2.91. The molecule has 0 radical (unpaired) electrons. The maximum atomic E-state index is 9.28. The Bertz CT molecular complexity index is 486. The van der Waals surface area contributed by atoms with Crippen molar-refractivity contribution in [2.24, 2.45) is 5.41 Å². The smallest absolute Gasteiger partial charge is 0.101 e. The predicted molar refractivity (Wildman–Crippen MR) is 76.9 cm³/mol. The summed E-state index contributed by atoms with van der Waals surface area (Å²) < 4.78 is 0. The quantitative estimate of drug-likeness (QED) is 0.903. The maximum absolute atomic E-state index is 9.28. The lowest BCUT2D eigenvalue weighted by atomic mass is 9.82. The molecule has 0 spiro atoms. The second-order valence-electron chi connectivity index (χ2n) is 5.50. The molecule has 1 aliphatic rings. The largest absolute Gasteiger partial charge is 0.392 e. The van der Waals surface area contributed by atoms with Crippen molar-refractivity contribution < 1.29 is 5.11 Å². The van der Waals surface area contributed by atoms with E-state index in [4.69, 9.17) is 5.11 Å². The molecule has 19 heavy (non-hydrogen) atoms. The fourth-order valence-corrected chi connectivity index (χ4v) is 3.01. The molecule has 0 aromatic heterocycles. The Hall–Kier alpha value is -1.53. The first kappa shape index (κ1) is 13.9. The number of hydrogen-bond acceptors (Lipinski definition) is 3. The number of aliphatic hydroxyl groups excluding tert-OH is 1. The van der Waals surface area contributed by atoms with Crippen molar-refractivity contribution in [2.45, 2.75) is 39.7 Å². The van der Waals surface area contributed by atoms with E-state index < -0.39 is 0 Å². The molecule has 0 saturated carbocycles. The van der Waals surface area contributed by atoms with Crippen LogP contribution < -0.4 is 4.90 Å².